The molecule has 1 saturated carbocycles. The fourth-order valence-corrected chi connectivity index (χ4v) is 4.44. The van der Waals surface area contributed by atoms with E-state index in [4.69, 9.17) is 5.10 Å². The fourth-order valence-electron chi connectivity index (χ4n) is 4.44. The second-order valence-electron chi connectivity index (χ2n) is 8.05. The Labute approximate surface area is 158 Å². The number of fused-ring (bicyclic) bond motifs is 1. The van der Waals surface area contributed by atoms with Crippen LogP contribution >= 0.6 is 0 Å². The number of nitrogens with zero attached hydrogens (tertiary/aromatic N) is 6. The van der Waals surface area contributed by atoms with Gasteiger partial charge in [0.2, 0.25) is 0 Å². The Hall–Kier alpha value is -2.38. The Balaban J connectivity index is 1.25. The molecule has 8 heteroatoms. The number of carbonyl (C=O) groups is 1. The number of nitrogens with one attached hydrogen (secondary N) is 1. The molecule has 0 aromatic carbocycles. The van der Waals surface area contributed by atoms with E-state index < -0.39 is 0 Å². The molecule has 8 nitrogen and oxygen atoms in total. The highest BCUT2D eigenvalue weighted by molar-refractivity contribution is 5.74. The van der Waals surface area contributed by atoms with Gasteiger partial charge in [0.25, 0.3) is 0 Å². The topological polar surface area (TPSA) is 78.7 Å². The van der Waals surface area contributed by atoms with Crippen LogP contribution in [0.5, 0.6) is 0 Å². The number of carbonyl (C=O) groups excluding carboxylic acids is 1. The Morgan fingerprint density at radius 3 is 2.44 bits per heavy atom. The number of amides is 2. The zero-order chi connectivity index (χ0) is 18.2. The molecule has 2 aromatic heterocycles. The van der Waals surface area contributed by atoms with Gasteiger partial charge in [0.05, 0.1) is 0 Å². The van der Waals surface area contributed by atoms with Crippen molar-refractivity contribution in [3.8, 4) is 0 Å². The summed E-state index contributed by atoms with van der Waals surface area (Å²) in [5.41, 5.74) is 0.802. The van der Waals surface area contributed by atoms with Crippen molar-refractivity contribution in [1.82, 2.24) is 30.0 Å². The Bertz CT molecular complexity index is 817. The molecule has 3 fully saturated rings. The van der Waals surface area contributed by atoms with Gasteiger partial charge in [0.15, 0.2) is 11.5 Å². The van der Waals surface area contributed by atoms with E-state index in [1.165, 1.54) is 19.3 Å². The Kier molecular flexibility index (Phi) is 4.33. The third-order valence-electron chi connectivity index (χ3n) is 6.28. The molecule has 144 valence electrons. The standard InChI is InChI=1S/C19H27N7O/c27-19(20-15-4-1-2-5-15)25-12-8-14(9-13-25)18-22-21-16-6-7-17(23-26(16)18)24-10-3-11-24/h6-7,14-15H,1-5,8-13H2,(H,20,27). The smallest absolute Gasteiger partial charge is 0.317 e. The van der Waals surface area contributed by atoms with Gasteiger partial charge >= 0.3 is 6.03 Å². The number of rotatable bonds is 3. The third-order valence-corrected chi connectivity index (χ3v) is 6.28. The van der Waals surface area contributed by atoms with Crippen LogP contribution in [0.25, 0.3) is 5.65 Å². The van der Waals surface area contributed by atoms with Crippen LogP contribution in [0.3, 0.4) is 0 Å². The maximum atomic E-state index is 12.5. The summed E-state index contributed by atoms with van der Waals surface area (Å²) in [6.45, 7) is 3.68. The first kappa shape index (κ1) is 16.8. The average molecular weight is 369 g/mol. The van der Waals surface area contributed by atoms with Crippen molar-refractivity contribution in [1.29, 1.82) is 0 Å². The third kappa shape index (κ3) is 3.21. The van der Waals surface area contributed by atoms with Crippen LogP contribution in [-0.4, -0.2) is 63.0 Å². The summed E-state index contributed by atoms with van der Waals surface area (Å²) < 4.78 is 1.91. The summed E-state index contributed by atoms with van der Waals surface area (Å²) in [4.78, 5) is 16.7. The van der Waals surface area contributed by atoms with E-state index in [9.17, 15) is 4.79 Å². The Morgan fingerprint density at radius 1 is 0.963 bits per heavy atom. The molecule has 0 atom stereocenters. The number of urea groups is 1. The molecule has 2 aromatic rings. The molecular formula is C19H27N7O. The molecule has 2 aliphatic heterocycles. The minimum Gasteiger partial charge on any atom is -0.355 e. The lowest BCUT2D eigenvalue weighted by Gasteiger charge is -2.33. The minimum absolute atomic E-state index is 0.102. The van der Waals surface area contributed by atoms with E-state index >= 15 is 0 Å². The van der Waals surface area contributed by atoms with E-state index in [-0.39, 0.29) is 6.03 Å². The van der Waals surface area contributed by atoms with E-state index in [0.717, 1.165) is 69.2 Å². The Morgan fingerprint density at radius 2 is 1.74 bits per heavy atom. The monoisotopic (exact) mass is 369 g/mol. The van der Waals surface area contributed by atoms with Gasteiger partial charge in [-0.15, -0.1) is 15.3 Å². The van der Waals surface area contributed by atoms with Crippen LogP contribution in [0.2, 0.25) is 0 Å². The quantitative estimate of drug-likeness (QED) is 0.897. The van der Waals surface area contributed by atoms with Crippen LogP contribution in [0, 0.1) is 0 Å². The molecule has 3 aliphatic rings. The molecule has 0 radical (unpaired) electrons. The first-order chi connectivity index (χ1) is 13.3. The van der Waals surface area contributed by atoms with Gasteiger partial charge in [-0.25, -0.2) is 4.79 Å². The zero-order valence-corrected chi connectivity index (χ0v) is 15.7. The number of aromatic nitrogens is 4. The molecule has 0 bridgehead atoms. The summed E-state index contributed by atoms with van der Waals surface area (Å²) in [7, 11) is 0. The lowest BCUT2D eigenvalue weighted by molar-refractivity contribution is 0.176. The van der Waals surface area contributed by atoms with Gasteiger partial charge in [0, 0.05) is 38.1 Å². The van der Waals surface area contributed by atoms with E-state index in [2.05, 4.69) is 20.4 Å². The van der Waals surface area contributed by atoms with Gasteiger partial charge in [-0.05, 0) is 44.2 Å². The maximum Gasteiger partial charge on any atom is 0.317 e. The molecular weight excluding hydrogens is 342 g/mol. The second-order valence-corrected chi connectivity index (χ2v) is 8.05. The van der Waals surface area contributed by atoms with Crippen LogP contribution in [0.1, 0.15) is 56.7 Å². The van der Waals surface area contributed by atoms with Crippen LogP contribution in [0.4, 0.5) is 10.6 Å². The van der Waals surface area contributed by atoms with E-state index in [1.807, 2.05) is 21.5 Å². The average Bonchev–Trinajstić information content (AvgIpc) is 3.30. The first-order valence-electron chi connectivity index (χ1n) is 10.3. The van der Waals surface area contributed by atoms with Gasteiger partial charge in [0.1, 0.15) is 5.82 Å². The van der Waals surface area contributed by atoms with Crippen molar-refractivity contribution in [2.24, 2.45) is 0 Å². The summed E-state index contributed by atoms with van der Waals surface area (Å²) in [5, 5.41) is 16.7. The minimum atomic E-state index is 0.102. The molecule has 27 heavy (non-hydrogen) atoms. The van der Waals surface area contributed by atoms with Crippen molar-refractivity contribution < 1.29 is 4.79 Å². The van der Waals surface area contributed by atoms with Crippen molar-refractivity contribution >= 4 is 17.5 Å². The predicted molar refractivity (Wildman–Crippen MR) is 102 cm³/mol. The predicted octanol–water partition coefficient (Wildman–Crippen LogP) is 2.17. The molecule has 0 spiro atoms. The SMILES string of the molecule is O=C(NC1CCCC1)N1CCC(c2nnc3ccc(N4CCC4)nn23)CC1. The van der Waals surface area contributed by atoms with Gasteiger partial charge in [-0.3, -0.25) is 0 Å². The second kappa shape index (κ2) is 6.98. The number of hydrogen-bond acceptors (Lipinski definition) is 5. The molecule has 4 heterocycles. The molecule has 0 unspecified atom stereocenters. The van der Waals surface area contributed by atoms with E-state index in [0.29, 0.717) is 12.0 Å². The van der Waals surface area contributed by atoms with Crippen LogP contribution in [0.15, 0.2) is 12.1 Å². The highest BCUT2D eigenvalue weighted by atomic mass is 16.2. The maximum absolute atomic E-state index is 12.5. The molecule has 1 N–H and O–H groups in total. The number of anilines is 1. The number of piperidine rings is 1. The molecule has 5 rings (SSSR count). The zero-order valence-electron chi connectivity index (χ0n) is 15.7. The largest absolute Gasteiger partial charge is 0.355 e. The summed E-state index contributed by atoms with van der Waals surface area (Å²) in [5.74, 6) is 2.24. The molecule has 1 aliphatic carbocycles. The normalized spacial score (nSPS) is 21.6. The summed E-state index contributed by atoms with van der Waals surface area (Å²) in [6.07, 6.45) is 7.77. The van der Waals surface area contributed by atoms with Crippen LogP contribution in [-0.2, 0) is 0 Å². The number of likely N-dealkylation sites (tertiary alicyclic amines) is 1. The van der Waals surface area contributed by atoms with Gasteiger partial charge in [-0.1, -0.05) is 12.8 Å². The molecule has 2 saturated heterocycles. The van der Waals surface area contributed by atoms with Crippen molar-refractivity contribution in [3.05, 3.63) is 18.0 Å². The lowest BCUT2D eigenvalue weighted by Crippen LogP contribution is -2.47. The van der Waals surface area contributed by atoms with Crippen molar-refractivity contribution in [3.63, 3.8) is 0 Å². The summed E-state index contributed by atoms with van der Waals surface area (Å²) >= 11 is 0. The number of hydrogen-bond donors (Lipinski definition) is 1. The van der Waals surface area contributed by atoms with Crippen molar-refractivity contribution in [2.45, 2.75) is 56.9 Å². The lowest BCUT2D eigenvalue weighted by atomic mass is 9.96. The highest BCUT2D eigenvalue weighted by Crippen LogP contribution is 2.28. The van der Waals surface area contributed by atoms with Crippen molar-refractivity contribution in [2.75, 3.05) is 31.1 Å². The van der Waals surface area contributed by atoms with E-state index in [1.54, 1.807) is 0 Å². The highest BCUT2D eigenvalue weighted by Gasteiger charge is 2.29. The van der Waals surface area contributed by atoms with Gasteiger partial charge < -0.3 is 15.1 Å². The van der Waals surface area contributed by atoms with Crippen LogP contribution < -0.4 is 10.2 Å². The fraction of sp³-hybridized carbons (Fsp3) is 0.684. The van der Waals surface area contributed by atoms with Gasteiger partial charge in [-0.2, -0.15) is 4.52 Å². The molecule has 2 amide bonds. The first-order valence-corrected chi connectivity index (χ1v) is 10.3. The summed E-state index contributed by atoms with van der Waals surface area (Å²) in [6, 6.07) is 4.51.